The molecule has 0 spiro atoms. The van der Waals surface area contributed by atoms with E-state index in [-0.39, 0.29) is 5.91 Å². The van der Waals surface area contributed by atoms with Gasteiger partial charge in [0.05, 0.1) is 11.4 Å². The number of nitrogens with zero attached hydrogens (tertiary/aromatic N) is 5. The number of carbonyl (C=O) groups is 1. The number of amides is 1. The second-order valence-corrected chi connectivity index (χ2v) is 8.27. The van der Waals surface area contributed by atoms with Crippen LogP contribution in [0.25, 0.3) is 0 Å². The van der Waals surface area contributed by atoms with Crippen molar-refractivity contribution in [2.45, 2.75) is 46.7 Å². The Bertz CT molecular complexity index is 1150. The highest BCUT2D eigenvalue weighted by Gasteiger charge is 2.16. The Labute approximate surface area is 192 Å². The minimum absolute atomic E-state index is 0.192. The van der Waals surface area contributed by atoms with Gasteiger partial charge in [-0.3, -0.25) is 4.79 Å². The molecule has 0 fully saturated rings. The Morgan fingerprint density at radius 1 is 1.25 bits per heavy atom. The predicted octanol–water partition coefficient (Wildman–Crippen LogP) is 6.50. The first-order chi connectivity index (χ1) is 15.4. The molecule has 2 aromatic carbocycles. The Morgan fingerprint density at radius 2 is 2.00 bits per heavy atom. The molecule has 0 saturated carbocycles. The highest BCUT2D eigenvalue weighted by atomic mass is 32.1. The first-order valence-electron chi connectivity index (χ1n) is 10.4. The fourth-order valence-electron chi connectivity index (χ4n) is 3.24. The number of hydrogen-bond donors (Lipinski definition) is 1. The van der Waals surface area contributed by atoms with E-state index in [0.717, 1.165) is 30.2 Å². The first kappa shape index (κ1) is 23.1. The van der Waals surface area contributed by atoms with Gasteiger partial charge in [0.25, 0.3) is 0 Å². The molecule has 7 nitrogen and oxygen atoms in total. The number of carbonyl (C=O) groups excluding carboxylic acids is 1. The van der Waals surface area contributed by atoms with Gasteiger partial charge in [-0.1, -0.05) is 37.3 Å². The minimum atomic E-state index is -0.192. The van der Waals surface area contributed by atoms with E-state index in [4.69, 9.17) is 0 Å². The number of aryl methyl sites for hydroxylation is 1. The Morgan fingerprint density at radius 3 is 2.66 bits per heavy atom. The summed E-state index contributed by atoms with van der Waals surface area (Å²) < 4.78 is 4.17. The standard InChI is InChI=1S/C24H26N6OS/c1-5-16(2)30(15-19-9-7-6-8-10-19)20-11-12-22(23(13-20)26-18(4)31)27-28-24-21(14-25)17(3)29-32-24/h6-13,16H,5,15H2,1-4H3,(H,26,31)/b28-27+. The second-order valence-electron chi connectivity index (χ2n) is 7.51. The number of rotatable bonds is 8. The third-order valence-electron chi connectivity index (χ3n) is 5.15. The molecule has 1 N–H and O–H groups in total. The molecule has 1 amide bonds. The summed E-state index contributed by atoms with van der Waals surface area (Å²) in [6, 6.07) is 18.4. The molecule has 0 saturated heterocycles. The maximum absolute atomic E-state index is 11.9. The van der Waals surface area contributed by atoms with Crippen LogP contribution < -0.4 is 10.2 Å². The lowest BCUT2D eigenvalue weighted by Gasteiger charge is -2.31. The van der Waals surface area contributed by atoms with E-state index in [1.165, 1.54) is 12.5 Å². The maximum atomic E-state index is 11.9. The quantitative estimate of drug-likeness (QED) is 0.399. The van der Waals surface area contributed by atoms with Crippen LogP contribution in [0.5, 0.6) is 0 Å². The summed E-state index contributed by atoms with van der Waals surface area (Å²) in [6.07, 6.45) is 0.978. The van der Waals surface area contributed by atoms with Crippen LogP contribution in [0.2, 0.25) is 0 Å². The molecule has 3 rings (SSSR count). The van der Waals surface area contributed by atoms with Crippen LogP contribution in [-0.2, 0) is 11.3 Å². The summed E-state index contributed by atoms with van der Waals surface area (Å²) in [5.74, 6) is -0.192. The van der Waals surface area contributed by atoms with Crippen LogP contribution in [-0.4, -0.2) is 16.3 Å². The largest absolute Gasteiger partial charge is 0.364 e. The van der Waals surface area contributed by atoms with Gasteiger partial charge in [0.2, 0.25) is 5.91 Å². The van der Waals surface area contributed by atoms with Crippen LogP contribution in [0.4, 0.5) is 22.1 Å². The van der Waals surface area contributed by atoms with Crippen molar-refractivity contribution in [3.8, 4) is 6.07 Å². The molecule has 1 heterocycles. The Balaban J connectivity index is 1.97. The molecule has 1 atom stereocenters. The molecule has 1 unspecified atom stereocenters. The SMILES string of the molecule is CCC(C)N(Cc1ccccc1)c1ccc(/N=N/c2snc(C)c2C#N)c(NC(C)=O)c1. The van der Waals surface area contributed by atoms with Gasteiger partial charge >= 0.3 is 0 Å². The lowest BCUT2D eigenvalue weighted by Crippen LogP contribution is -2.32. The highest BCUT2D eigenvalue weighted by Crippen LogP contribution is 2.35. The second kappa shape index (κ2) is 10.6. The van der Waals surface area contributed by atoms with Crippen molar-refractivity contribution in [3.63, 3.8) is 0 Å². The Hall–Kier alpha value is -3.57. The average Bonchev–Trinajstić information content (AvgIpc) is 3.15. The molecule has 164 valence electrons. The van der Waals surface area contributed by atoms with Crippen molar-refractivity contribution < 1.29 is 4.79 Å². The van der Waals surface area contributed by atoms with Crippen molar-refractivity contribution in [1.29, 1.82) is 5.26 Å². The lowest BCUT2D eigenvalue weighted by atomic mass is 10.1. The first-order valence-corrected chi connectivity index (χ1v) is 11.2. The van der Waals surface area contributed by atoms with Gasteiger partial charge in [-0.15, -0.1) is 10.2 Å². The number of anilines is 2. The van der Waals surface area contributed by atoms with E-state index in [9.17, 15) is 10.1 Å². The molecule has 1 aromatic heterocycles. The minimum Gasteiger partial charge on any atom is -0.364 e. The molecule has 3 aromatic rings. The molecule has 0 aliphatic carbocycles. The number of nitrogens with one attached hydrogen (secondary N) is 1. The van der Waals surface area contributed by atoms with Gasteiger partial charge in [-0.25, -0.2) is 0 Å². The van der Waals surface area contributed by atoms with Gasteiger partial charge in [-0.2, -0.15) is 9.64 Å². The van der Waals surface area contributed by atoms with E-state index < -0.39 is 0 Å². The molecule has 0 aliphatic heterocycles. The molecule has 0 aliphatic rings. The van der Waals surface area contributed by atoms with Gasteiger partial charge in [0, 0.05) is 25.2 Å². The number of aromatic nitrogens is 1. The number of hydrogen-bond acceptors (Lipinski definition) is 7. The highest BCUT2D eigenvalue weighted by molar-refractivity contribution is 7.10. The van der Waals surface area contributed by atoms with Crippen molar-refractivity contribution in [1.82, 2.24) is 4.37 Å². The van der Waals surface area contributed by atoms with Gasteiger partial charge < -0.3 is 10.2 Å². The van der Waals surface area contributed by atoms with Crippen molar-refractivity contribution in [2.24, 2.45) is 10.2 Å². The molecule has 32 heavy (non-hydrogen) atoms. The summed E-state index contributed by atoms with van der Waals surface area (Å²) >= 11 is 1.13. The summed E-state index contributed by atoms with van der Waals surface area (Å²) in [6.45, 7) is 8.32. The van der Waals surface area contributed by atoms with Crippen molar-refractivity contribution >= 4 is 39.5 Å². The third-order valence-corrected chi connectivity index (χ3v) is 5.97. The van der Waals surface area contributed by atoms with Crippen molar-refractivity contribution in [3.05, 3.63) is 65.4 Å². The number of nitriles is 1. The molecular weight excluding hydrogens is 420 g/mol. The fourth-order valence-corrected chi connectivity index (χ4v) is 3.91. The average molecular weight is 447 g/mol. The molecule has 0 bridgehead atoms. The monoisotopic (exact) mass is 446 g/mol. The zero-order chi connectivity index (χ0) is 23.1. The van der Waals surface area contributed by atoms with Gasteiger partial charge in [0.15, 0.2) is 5.00 Å². The topological polar surface area (TPSA) is 93.7 Å². The van der Waals surface area contributed by atoms with E-state index in [1.54, 1.807) is 6.92 Å². The summed E-state index contributed by atoms with van der Waals surface area (Å²) in [4.78, 5) is 14.2. The number of benzene rings is 2. The van der Waals surface area contributed by atoms with Crippen LogP contribution in [0.1, 0.15) is 44.0 Å². The van der Waals surface area contributed by atoms with E-state index in [1.807, 2.05) is 36.4 Å². The predicted molar refractivity (Wildman–Crippen MR) is 129 cm³/mol. The Kier molecular flexibility index (Phi) is 7.68. The van der Waals surface area contributed by atoms with Gasteiger partial charge in [0.1, 0.15) is 17.3 Å². The summed E-state index contributed by atoms with van der Waals surface area (Å²) in [5, 5.41) is 21.2. The zero-order valence-electron chi connectivity index (χ0n) is 18.7. The molecule has 0 radical (unpaired) electrons. The summed E-state index contributed by atoms with van der Waals surface area (Å²) in [7, 11) is 0. The van der Waals surface area contributed by atoms with E-state index in [2.05, 4.69) is 56.9 Å². The lowest BCUT2D eigenvalue weighted by molar-refractivity contribution is -0.114. The van der Waals surface area contributed by atoms with E-state index >= 15 is 0 Å². The van der Waals surface area contributed by atoms with Crippen LogP contribution in [0.3, 0.4) is 0 Å². The van der Waals surface area contributed by atoms with Crippen LogP contribution >= 0.6 is 11.5 Å². The maximum Gasteiger partial charge on any atom is 0.221 e. The smallest absolute Gasteiger partial charge is 0.221 e. The third kappa shape index (κ3) is 5.56. The zero-order valence-corrected chi connectivity index (χ0v) is 19.5. The molecular formula is C24H26N6OS. The fraction of sp³-hybridized carbons (Fsp3) is 0.292. The normalized spacial score (nSPS) is 11.8. The summed E-state index contributed by atoms with van der Waals surface area (Å²) in [5.41, 5.74) is 4.33. The van der Waals surface area contributed by atoms with E-state index in [0.29, 0.717) is 33.7 Å². The van der Waals surface area contributed by atoms with Crippen LogP contribution in [0.15, 0.2) is 58.8 Å². The van der Waals surface area contributed by atoms with Crippen molar-refractivity contribution in [2.75, 3.05) is 10.2 Å². The van der Waals surface area contributed by atoms with Gasteiger partial charge in [-0.05, 0) is 55.6 Å². The number of azo groups is 1. The van der Waals surface area contributed by atoms with Crippen LogP contribution in [0, 0.1) is 18.3 Å². The molecule has 8 heteroatoms.